The first kappa shape index (κ1) is 16.5. The average molecular weight is 354 g/mol. The number of rotatable bonds is 5. The van der Waals surface area contributed by atoms with Crippen molar-refractivity contribution in [2.45, 2.75) is 18.9 Å². The summed E-state index contributed by atoms with van der Waals surface area (Å²) in [4.78, 5) is 8.55. The number of nitrogens with zero attached hydrogens (tertiary/aromatic N) is 4. The van der Waals surface area contributed by atoms with Crippen molar-refractivity contribution >= 4 is 11.8 Å². The maximum absolute atomic E-state index is 13.3. The predicted molar refractivity (Wildman–Crippen MR) is 95.5 cm³/mol. The van der Waals surface area contributed by atoms with Crippen molar-refractivity contribution in [1.82, 2.24) is 19.7 Å². The number of ether oxygens (including phenoxy) is 1. The van der Waals surface area contributed by atoms with Gasteiger partial charge in [0.05, 0.1) is 24.2 Å². The molecule has 1 aromatic carbocycles. The number of aromatic nitrogens is 4. The lowest BCUT2D eigenvalue weighted by molar-refractivity contribution is 0.193. The Morgan fingerprint density at radius 3 is 3.04 bits per heavy atom. The second kappa shape index (κ2) is 7.09. The van der Waals surface area contributed by atoms with Crippen molar-refractivity contribution < 1.29 is 9.13 Å². The zero-order valence-electron chi connectivity index (χ0n) is 14.1. The van der Waals surface area contributed by atoms with Crippen LogP contribution in [0.4, 0.5) is 16.2 Å². The van der Waals surface area contributed by atoms with Crippen LogP contribution in [0.2, 0.25) is 0 Å². The number of halogens is 1. The molecule has 2 aromatic heterocycles. The van der Waals surface area contributed by atoms with E-state index in [0.717, 1.165) is 24.3 Å². The first-order valence-electron chi connectivity index (χ1n) is 8.43. The van der Waals surface area contributed by atoms with E-state index in [4.69, 9.17) is 10.5 Å². The summed E-state index contributed by atoms with van der Waals surface area (Å²) in [5, 5.41) is 7.52. The summed E-state index contributed by atoms with van der Waals surface area (Å²) < 4.78 is 20.4. The highest BCUT2D eigenvalue weighted by Gasteiger charge is 2.20. The monoisotopic (exact) mass is 354 g/mol. The molecule has 7 nitrogen and oxygen atoms in total. The fraction of sp³-hybridized carbons (Fsp3) is 0.278. The van der Waals surface area contributed by atoms with Crippen molar-refractivity contribution in [1.29, 1.82) is 0 Å². The van der Waals surface area contributed by atoms with Gasteiger partial charge >= 0.3 is 0 Å². The molecule has 0 bridgehead atoms. The summed E-state index contributed by atoms with van der Waals surface area (Å²) >= 11 is 0. The summed E-state index contributed by atoms with van der Waals surface area (Å²) in [7, 11) is 0. The molecule has 0 aliphatic carbocycles. The van der Waals surface area contributed by atoms with Crippen LogP contribution in [0, 0.1) is 5.82 Å². The molecule has 0 saturated carbocycles. The maximum atomic E-state index is 13.3. The van der Waals surface area contributed by atoms with Crippen molar-refractivity contribution in [3.8, 4) is 5.69 Å². The highest BCUT2D eigenvalue weighted by Crippen LogP contribution is 2.25. The van der Waals surface area contributed by atoms with Crippen LogP contribution in [0.25, 0.3) is 5.69 Å². The van der Waals surface area contributed by atoms with Crippen molar-refractivity contribution in [2.75, 3.05) is 24.3 Å². The Balaban J connectivity index is 1.46. The Kier molecular flexibility index (Phi) is 4.49. The van der Waals surface area contributed by atoms with Crippen LogP contribution >= 0.6 is 0 Å². The number of nitrogens with one attached hydrogen (secondary N) is 1. The van der Waals surface area contributed by atoms with E-state index in [1.165, 1.54) is 12.1 Å². The van der Waals surface area contributed by atoms with Crippen molar-refractivity contribution in [2.24, 2.45) is 0 Å². The Morgan fingerprint density at radius 1 is 1.31 bits per heavy atom. The van der Waals surface area contributed by atoms with Gasteiger partial charge in [-0.25, -0.2) is 14.1 Å². The molecular formula is C18H19FN6O. The fourth-order valence-corrected chi connectivity index (χ4v) is 2.96. The molecule has 1 atom stereocenters. The van der Waals surface area contributed by atoms with E-state index in [1.807, 2.05) is 12.3 Å². The zero-order valence-corrected chi connectivity index (χ0v) is 14.1. The molecule has 134 valence electrons. The van der Waals surface area contributed by atoms with Gasteiger partial charge in [-0.2, -0.15) is 10.1 Å². The average Bonchev–Trinajstić information content (AvgIpc) is 3.32. The quantitative estimate of drug-likeness (QED) is 0.732. The lowest BCUT2D eigenvalue weighted by Gasteiger charge is -2.11. The summed E-state index contributed by atoms with van der Waals surface area (Å²) in [5.74, 6) is 0.874. The number of hydrogen-bond acceptors (Lipinski definition) is 6. The number of hydrogen-bond donors (Lipinski definition) is 2. The van der Waals surface area contributed by atoms with Gasteiger partial charge in [-0.1, -0.05) is 6.07 Å². The van der Waals surface area contributed by atoms with E-state index >= 15 is 0 Å². The molecule has 0 spiro atoms. The largest absolute Gasteiger partial charge is 0.381 e. The first-order chi connectivity index (χ1) is 12.7. The highest BCUT2D eigenvalue weighted by molar-refractivity contribution is 5.42. The summed E-state index contributed by atoms with van der Waals surface area (Å²) in [5.41, 5.74) is 8.35. The molecule has 1 aliphatic heterocycles. The summed E-state index contributed by atoms with van der Waals surface area (Å²) in [6, 6.07) is 8.20. The molecule has 8 heteroatoms. The van der Waals surface area contributed by atoms with Gasteiger partial charge in [0.1, 0.15) is 11.6 Å². The molecule has 3 aromatic rings. The lowest BCUT2D eigenvalue weighted by atomic mass is 10.0. The van der Waals surface area contributed by atoms with Crippen molar-refractivity contribution in [3.05, 3.63) is 59.8 Å². The van der Waals surface area contributed by atoms with E-state index in [1.54, 1.807) is 23.0 Å². The Bertz CT molecular complexity index is 906. The van der Waals surface area contributed by atoms with Gasteiger partial charge < -0.3 is 15.8 Å². The number of anilines is 2. The molecule has 1 aliphatic rings. The van der Waals surface area contributed by atoms with E-state index in [0.29, 0.717) is 24.7 Å². The van der Waals surface area contributed by atoms with Crippen LogP contribution in [0.5, 0.6) is 0 Å². The van der Waals surface area contributed by atoms with E-state index < -0.39 is 0 Å². The number of nitrogens with two attached hydrogens (primary N) is 1. The van der Waals surface area contributed by atoms with Crippen LogP contribution in [0.3, 0.4) is 0 Å². The molecule has 0 amide bonds. The molecular weight excluding hydrogens is 335 g/mol. The highest BCUT2D eigenvalue weighted by atomic mass is 19.1. The number of benzene rings is 1. The lowest BCUT2D eigenvalue weighted by Crippen LogP contribution is -2.09. The van der Waals surface area contributed by atoms with Crippen LogP contribution in [-0.2, 0) is 11.3 Å². The van der Waals surface area contributed by atoms with Crippen LogP contribution in [0.15, 0.2) is 42.7 Å². The first-order valence-corrected chi connectivity index (χ1v) is 8.43. The Labute approximate surface area is 150 Å². The minimum absolute atomic E-state index is 0.243. The third-order valence-electron chi connectivity index (χ3n) is 4.29. The Morgan fingerprint density at radius 2 is 2.23 bits per heavy atom. The van der Waals surface area contributed by atoms with Crippen molar-refractivity contribution in [3.63, 3.8) is 0 Å². The molecule has 3 heterocycles. The van der Waals surface area contributed by atoms with Gasteiger partial charge in [0, 0.05) is 36.9 Å². The van der Waals surface area contributed by atoms with Gasteiger partial charge in [0.25, 0.3) is 0 Å². The van der Waals surface area contributed by atoms with Crippen LogP contribution < -0.4 is 11.1 Å². The van der Waals surface area contributed by atoms with E-state index in [-0.39, 0.29) is 17.7 Å². The summed E-state index contributed by atoms with van der Waals surface area (Å²) in [6.45, 7) is 1.93. The normalized spacial score (nSPS) is 16.7. The van der Waals surface area contributed by atoms with Gasteiger partial charge in [0.2, 0.25) is 5.95 Å². The minimum Gasteiger partial charge on any atom is -0.381 e. The molecule has 0 unspecified atom stereocenters. The SMILES string of the molecule is Nc1nc(NCc2cnn(-c3cccc(F)c3)c2)cc([C@H]2CCOC2)n1. The maximum Gasteiger partial charge on any atom is 0.222 e. The van der Waals surface area contributed by atoms with Gasteiger partial charge in [-0.05, 0) is 24.6 Å². The van der Waals surface area contributed by atoms with Gasteiger partial charge in [0.15, 0.2) is 0 Å². The van der Waals surface area contributed by atoms with E-state index in [2.05, 4.69) is 20.4 Å². The minimum atomic E-state index is -0.294. The third kappa shape index (κ3) is 3.65. The molecule has 1 saturated heterocycles. The zero-order chi connectivity index (χ0) is 17.9. The second-order valence-corrected chi connectivity index (χ2v) is 6.22. The standard InChI is InChI=1S/C18H19FN6O/c19-14-2-1-3-15(6-14)25-10-12(9-22-25)8-21-17-7-16(23-18(20)24-17)13-4-5-26-11-13/h1-3,6-7,9-10,13H,4-5,8,11H2,(H3,20,21,23,24)/t13-/m0/s1. The Hall–Kier alpha value is -3.00. The molecule has 3 N–H and O–H groups in total. The topological polar surface area (TPSA) is 90.9 Å². The van der Waals surface area contributed by atoms with Crippen LogP contribution in [0.1, 0.15) is 23.6 Å². The van der Waals surface area contributed by atoms with Crippen LogP contribution in [-0.4, -0.2) is 33.0 Å². The fourth-order valence-electron chi connectivity index (χ4n) is 2.96. The van der Waals surface area contributed by atoms with E-state index in [9.17, 15) is 4.39 Å². The second-order valence-electron chi connectivity index (χ2n) is 6.22. The molecule has 0 radical (unpaired) electrons. The molecule has 26 heavy (non-hydrogen) atoms. The smallest absolute Gasteiger partial charge is 0.222 e. The predicted octanol–water partition coefficient (Wildman–Crippen LogP) is 2.50. The molecule has 1 fully saturated rings. The van der Waals surface area contributed by atoms with Gasteiger partial charge in [-0.15, -0.1) is 0 Å². The molecule has 4 rings (SSSR count). The third-order valence-corrected chi connectivity index (χ3v) is 4.29. The summed E-state index contributed by atoms with van der Waals surface area (Å²) in [6.07, 6.45) is 4.52. The number of nitrogen functional groups attached to an aromatic ring is 1. The van der Waals surface area contributed by atoms with Gasteiger partial charge in [-0.3, -0.25) is 0 Å².